The average molecular weight is 331 g/mol. The Hall–Kier alpha value is -1.91. The zero-order chi connectivity index (χ0) is 16.3. The van der Waals surface area contributed by atoms with Gasteiger partial charge in [0.25, 0.3) is 0 Å². The molecule has 0 amide bonds. The minimum Gasteiger partial charge on any atom is -0.481 e. The fourth-order valence-corrected chi connectivity index (χ4v) is 0.805. The zero-order valence-electron chi connectivity index (χ0n) is 11.0. The summed E-state index contributed by atoms with van der Waals surface area (Å²) in [6.07, 6.45) is -0.448. The SMILES string of the molecule is Cl.N[C@@H](CCC(=O)O)C(=O)O.N[C@@H](CCC(=O)O)C(=O)O. The molecule has 0 aliphatic carbocycles. The second-order valence-electron chi connectivity index (χ2n) is 3.75. The molecule has 0 spiro atoms. The number of nitrogens with two attached hydrogens (primary N) is 2. The maximum absolute atomic E-state index is 9.99. The van der Waals surface area contributed by atoms with Crippen LogP contribution in [0, 0.1) is 0 Å². The maximum Gasteiger partial charge on any atom is 0.320 e. The first-order chi connectivity index (χ1) is 9.07. The highest BCUT2D eigenvalue weighted by molar-refractivity contribution is 5.85. The van der Waals surface area contributed by atoms with Gasteiger partial charge in [-0.05, 0) is 12.8 Å². The summed E-state index contributed by atoms with van der Waals surface area (Å²) >= 11 is 0. The second-order valence-corrected chi connectivity index (χ2v) is 3.75. The third kappa shape index (κ3) is 18.1. The van der Waals surface area contributed by atoms with Crippen LogP contribution in [-0.2, 0) is 19.2 Å². The predicted octanol–water partition coefficient (Wildman–Crippen LogP) is -1.05. The van der Waals surface area contributed by atoms with Crippen LogP contribution in [-0.4, -0.2) is 56.4 Å². The molecule has 21 heavy (non-hydrogen) atoms. The van der Waals surface area contributed by atoms with Gasteiger partial charge >= 0.3 is 23.9 Å². The summed E-state index contributed by atoms with van der Waals surface area (Å²) in [6, 6.07) is -2.12. The fraction of sp³-hybridized carbons (Fsp3) is 0.600. The predicted molar refractivity (Wildman–Crippen MR) is 72.2 cm³/mol. The molecule has 0 unspecified atom stereocenters. The molecule has 10 nitrogen and oxygen atoms in total. The Morgan fingerprint density at radius 2 is 0.952 bits per heavy atom. The highest BCUT2D eigenvalue weighted by atomic mass is 35.5. The molecule has 0 aliphatic heterocycles. The van der Waals surface area contributed by atoms with Crippen LogP contribution in [0.25, 0.3) is 0 Å². The van der Waals surface area contributed by atoms with Crippen molar-refractivity contribution in [3.8, 4) is 0 Å². The summed E-state index contributed by atoms with van der Waals surface area (Å²) < 4.78 is 0. The number of carboxylic acid groups (broad SMARTS) is 4. The molecule has 124 valence electrons. The van der Waals surface area contributed by atoms with Crippen molar-refractivity contribution in [3.05, 3.63) is 0 Å². The van der Waals surface area contributed by atoms with E-state index >= 15 is 0 Å². The van der Waals surface area contributed by atoms with Crippen LogP contribution in [0.1, 0.15) is 25.7 Å². The van der Waals surface area contributed by atoms with E-state index in [4.69, 9.17) is 31.9 Å². The molecule has 0 rings (SSSR count). The van der Waals surface area contributed by atoms with Crippen molar-refractivity contribution in [2.45, 2.75) is 37.8 Å². The molecular formula is C10H19ClN2O8. The normalized spacial score (nSPS) is 11.9. The van der Waals surface area contributed by atoms with Gasteiger partial charge in [-0.25, -0.2) is 0 Å². The van der Waals surface area contributed by atoms with Gasteiger partial charge in [0.2, 0.25) is 0 Å². The second kappa shape index (κ2) is 13.1. The van der Waals surface area contributed by atoms with Crippen LogP contribution in [0.5, 0.6) is 0 Å². The van der Waals surface area contributed by atoms with E-state index in [0.29, 0.717) is 0 Å². The van der Waals surface area contributed by atoms with E-state index in [1.54, 1.807) is 0 Å². The van der Waals surface area contributed by atoms with Gasteiger partial charge in [-0.15, -0.1) is 12.4 Å². The molecule has 0 saturated heterocycles. The lowest BCUT2D eigenvalue weighted by Gasteiger charge is -2.01. The summed E-state index contributed by atoms with van der Waals surface area (Å²) in [5.41, 5.74) is 10.0. The molecule has 0 fully saturated rings. The molecule has 0 aliphatic rings. The monoisotopic (exact) mass is 330 g/mol. The minimum absolute atomic E-state index is 0. The largest absolute Gasteiger partial charge is 0.481 e. The van der Waals surface area contributed by atoms with E-state index in [0.717, 1.165) is 0 Å². The van der Waals surface area contributed by atoms with Gasteiger partial charge in [0.15, 0.2) is 0 Å². The van der Waals surface area contributed by atoms with Gasteiger partial charge in [-0.2, -0.15) is 0 Å². The van der Waals surface area contributed by atoms with E-state index in [1.165, 1.54) is 0 Å². The summed E-state index contributed by atoms with van der Waals surface area (Å²) in [5, 5.41) is 32.5. The van der Waals surface area contributed by atoms with Crippen LogP contribution in [0.15, 0.2) is 0 Å². The number of aliphatic carboxylic acids is 4. The summed E-state index contributed by atoms with van der Waals surface area (Å²) in [7, 11) is 0. The average Bonchev–Trinajstić information content (AvgIpc) is 2.33. The van der Waals surface area contributed by atoms with Gasteiger partial charge in [-0.3, -0.25) is 19.2 Å². The smallest absolute Gasteiger partial charge is 0.320 e. The molecule has 0 aromatic rings. The Labute approximate surface area is 126 Å². The molecule has 11 heteroatoms. The summed E-state index contributed by atoms with van der Waals surface area (Å²) in [4.78, 5) is 39.7. The first kappa shape index (κ1) is 24.1. The summed E-state index contributed by atoms with van der Waals surface area (Å²) in [6.45, 7) is 0. The van der Waals surface area contributed by atoms with Gasteiger partial charge in [0.1, 0.15) is 12.1 Å². The number of rotatable bonds is 8. The standard InChI is InChI=1S/2C5H9NO4.ClH/c2*6-3(5(9)10)1-2-4(7)8;/h2*3H,1-2,6H2,(H,7,8)(H,9,10);1H/t2*3-;/m00./s1. The molecule has 0 radical (unpaired) electrons. The molecule has 0 saturated carbocycles. The number of halogens is 1. The van der Waals surface area contributed by atoms with Gasteiger partial charge in [-0.1, -0.05) is 0 Å². The zero-order valence-corrected chi connectivity index (χ0v) is 11.8. The fourth-order valence-electron chi connectivity index (χ4n) is 0.805. The Balaban J connectivity index is -0.000000295. The lowest BCUT2D eigenvalue weighted by atomic mass is 10.2. The lowest BCUT2D eigenvalue weighted by Crippen LogP contribution is -2.30. The minimum atomic E-state index is -1.17. The Morgan fingerprint density at radius 1 is 0.714 bits per heavy atom. The van der Waals surface area contributed by atoms with E-state index in [-0.39, 0.29) is 38.1 Å². The topological polar surface area (TPSA) is 201 Å². The molecule has 0 aromatic heterocycles. The van der Waals surface area contributed by atoms with Crippen molar-refractivity contribution < 1.29 is 39.6 Å². The highest BCUT2D eigenvalue weighted by Crippen LogP contribution is 1.94. The van der Waals surface area contributed by atoms with Crippen molar-refractivity contribution in [2.24, 2.45) is 11.5 Å². The third-order valence-corrected chi connectivity index (χ3v) is 1.97. The molecule has 0 aromatic carbocycles. The van der Waals surface area contributed by atoms with Gasteiger partial charge in [0, 0.05) is 12.8 Å². The van der Waals surface area contributed by atoms with Crippen molar-refractivity contribution in [2.75, 3.05) is 0 Å². The summed E-state index contributed by atoms with van der Waals surface area (Å²) in [5.74, 6) is -4.39. The van der Waals surface area contributed by atoms with Crippen LogP contribution in [0.2, 0.25) is 0 Å². The van der Waals surface area contributed by atoms with Crippen LogP contribution < -0.4 is 11.5 Å². The van der Waals surface area contributed by atoms with E-state index in [2.05, 4.69) is 0 Å². The molecular weight excluding hydrogens is 312 g/mol. The number of carboxylic acids is 4. The first-order valence-corrected chi connectivity index (χ1v) is 5.48. The van der Waals surface area contributed by atoms with E-state index in [1.807, 2.05) is 0 Å². The Bertz CT molecular complexity index is 329. The van der Waals surface area contributed by atoms with Crippen LogP contribution in [0.4, 0.5) is 0 Å². The Kier molecular flexibility index (Phi) is 15.0. The van der Waals surface area contributed by atoms with Crippen molar-refractivity contribution in [1.29, 1.82) is 0 Å². The number of carbonyl (C=O) groups is 4. The molecule has 2 atom stereocenters. The number of hydrogen-bond donors (Lipinski definition) is 6. The Morgan fingerprint density at radius 3 is 1.10 bits per heavy atom. The maximum atomic E-state index is 9.99. The molecule has 0 bridgehead atoms. The van der Waals surface area contributed by atoms with Crippen LogP contribution >= 0.6 is 12.4 Å². The van der Waals surface area contributed by atoms with Crippen molar-refractivity contribution in [1.82, 2.24) is 0 Å². The molecule has 8 N–H and O–H groups in total. The van der Waals surface area contributed by atoms with Crippen LogP contribution in [0.3, 0.4) is 0 Å². The van der Waals surface area contributed by atoms with Gasteiger partial charge < -0.3 is 31.9 Å². The van der Waals surface area contributed by atoms with Crippen molar-refractivity contribution in [3.63, 3.8) is 0 Å². The van der Waals surface area contributed by atoms with Crippen molar-refractivity contribution >= 4 is 36.3 Å². The van der Waals surface area contributed by atoms with Gasteiger partial charge in [0.05, 0.1) is 0 Å². The quantitative estimate of drug-likeness (QED) is 0.318. The molecule has 0 heterocycles. The third-order valence-electron chi connectivity index (χ3n) is 1.97. The first-order valence-electron chi connectivity index (χ1n) is 5.48. The highest BCUT2D eigenvalue weighted by Gasteiger charge is 2.12. The lowest BCUT2D eigenvalue weighted by molar-refractivity contribution is -0.141. The van der Waals surface area contributed by atoms with E-state index < -0.39 is 36.0 Å². The van der Waals surface area contributed by atoms with E-state index in [9.17, 15) is 19.2 Å². The number of hydrogen-bond acceptors (Lipinski definition) is 6.